The Bertz CT molecular complexity index is 1450. The van der Waals surface area contributed by atoms with Gasteiger partial charge in [0.2, 0.25) is 29.0 Å². The van der Waals surface area contributed by atoms with Crippen LogP contribution in [0.15, 0.2) is 66.7 Å². The summed E-state index contributed by atoms with van der Waals surface area (Å²) in [5.41, 5.74) is 0.423. The summed E-state index contributed by atoms with van der Waals surface area (Å²) in [6.45, 7) is 1.97. The van der Waals surface area contributed by atoms with Crippen LogP contribution >= 0.6 is 23.2 Å². The summed E-state index contributed by atoms with van der Waals surface area (Å²) in [5, 5.41) is 0.596. The molecule has 8 heteroatoms. The maximum absolute atomic E-state index is 13.9. The second kappa shape index (κ2) is 8.10. The molecule has 2 heterocycles. The lowest BCUT2D eigenvalue weighted by Crippen LogP contribution is -2.50. The fourth-order valence-electron chi connectivity index (χ4n) is 5.62. The monoisotopic (exact) mass is 519 g/mol. The molecule has 0 radical (unpaired) electrons. The molecule has 3 aliphatic rings. The minimum atomic E-state index is -2.13. The fourth-order valence-corrected chi connectivity index (χ4v) is 6.14. The van der Waals surface area contributed by atoms with E-state index in [9.17, 15) is 19.2 Å². The first-order valence-corrected chi connectivity index (χ1v) is 12.2. The number of amides is 2. The number of benzene rings is 3. The van der Waals surface area contributed by atoms with E-state index in [1.807, 2.05) is 31.2 Å². The van der Waals surface area contributed by atoms with E-state index >= 15 is 0 Å². The summed E-state index contributed by atoms with van der Waals surface area (Å²) in [6.07, 6.45) is -1.08. The summed E-state index contributed by atoms with van der Waals surface area (Å²) in [5.74, 6) is -4.72. The zero-order valence-electron chi connectivity index (χ0n) is 19.0. The van der Waals surface area contributed by atoms with E-state index in [1.54, 1.807) is 24.3 Å². The van der Waals surface area contributed by atoms with Gasteiger partial charge in [-0.3, -0.25) is 24.1 Å². The lowest BCUT2D eigenvalue weighted by atomic mass is 9.77. The number of hydrogen-bond donors (Lipinski definition) is 0. The smallest absolute Gasteiger partial charge is 0.237 e. The van der Waals surface area contributed by atoms with Crippen LogP contribution in [0.3, 0.4) is 0 Å². The zero-order valence-corrected chi connectivity index (χ0v) is 20.5. The van der Waals surface area contributed by atoms with Crippen molar-refractivity contribution < 1.29 is 23.9 Å². The number of rotatable bonds is 3. The van der Waals surface area contributed by atoms with Gasteiger partial charge in [-0.25, -0.2) is 0 Å². The maximum atomic E-state index is 13.9. The Hall–Kier alpha value is -3.32. The Morgan fingerprint density at radius 3 is 2.11 bits per heavy atom. The first-order valence-electron chi connectivity index (χ1n) is 11.5. The maximum Gasteiger partial charge on any atom is 0.237 e. The molecular formula is C28H19Cl2NO5. The van der Waals surface area contributed by atoms with Crippen molar-refractivity contribution in [2.45, 2.75) is 25.2 Å². The molecule has 3 aromatic carbocycles. The van der Waals surface area contributed by atoms with Crippen molar-refractivity contribution in [1.29, 1.82) is 0 Å². The van der Waals surface area contributed by atoms with Gasteiger partial charge in [-0.2, -0.15) is 0 Å². The molecule has 6 rings (SSSR count). The second-order valence-corrected chi connectivity index (χ2v) is 10.2. The molecule has 6 nitrogen and oxygen atoms in total. The van der Waals surface area contributed by atoms with Crippen LogP contribution in [0.25, 0.3) is 0 Å². The van der Waals surface area contributed by atoms with E-state index < -0.39 is 46.9 Å². The number of ketones is 2. The van der Waals surface area contributed by atoms with Gasteiger partial charge >= 0.3 is 0 Å². The normalized spacial score (nSPS) is 24.1. The third kappa shape index (κ3) is 3.08. The van der Waals surface area contributed by atoms with Gasteiger partial charge < -0.3 is 4.74 Å². The molecular weight excluding hydrogens is 501 g/mol. The van der Waals surface area contributed by atoms with Gasteiger partial charge in [-0.15, -0.1) is 0 Å². The molecule has 2 aliphatic heterocycles. The first kappa shape index (κ1) is 23.1. The molecule has 0 bridgehead atoms. The highest BCUT2D eigenvalue weighted by molar-refractivity contribution is 6.36. The number of aryl methyl sites for hydroxylation is 1. The third-order valence-electron chi connectivity index (χ3n) is 7.34. The lowest BCUT2D eigenvalue weighted by Gasteiger charge is -2.27. The van der Waals surface area contributed by atoms with Crippen LogP contribution < -0.4 is 0 Å². The second-order valence-electron chi connectivity index (χ2n) is 9.40. The molecule has 1 aliphatic carbocycles. The number of fused-ring (bicyclic) bond motifs is 3. The van der Waals surface area contributed by atoms with Crippen molar-refractivity contribution in [2.24, 2.45) is 11.8 Å². The largest absolute Gasteiger partial charge is 0.349 e. The SMILES string of the molecule is Cc1ccc(CN2C(=O)C3C(c4ccc(Cl)cc4Cl)OC4(C(=O)c5ccccc5C4=O)C3C2=O)cc1. The zero-order chi connectivity index (χ0) is 25.4. The third-order valence-corrected chi connectivity index (χ3v) is 7.90. The van der Waals surface area contributed by atoms with Gasteiger partial charge in [0.05, 0.1) is 24.5 Å². The highest BCUT2D eigenvalue weighted by Gasteiger charge is 2.74. The minimum absolute atomic E-state index is 0.0252. The molecule has 180 valence electrons. The molecule has 36 heavy (non-hydrogen) atoms. The molecule has 1 spiro atoms. The number of hydrogen-bond acceptors (Lipinski definition) is 5. The fraction of sp³-hybridized carbons (Fsp3) is 0.214. The van der Waals surface area contributed by atoms with Crippen LogP contribution in [0, 0.1) is 18.8 Å². The summed E-state index contributed by atoms with van der Waals surface area (Å²) < 4.78 is 6.25. The van der Waals surface area contributed by atoms with Crippen molar-refractivity contribution >= 4 is 46.6 Å². The first-order chi connectivity index (χ1) is 17.2. The number of halogens is 2. The minimum Gasteiger partial charge on any atom is -0.349 e. The number of likely N-dealkylation sites (tertiary alicyclic amines) is 1. The van der Waals surface area contributed by atoms with Gasteiger partial charge in [0.1, 0.15) is 0 Å². The van der Waals surface area contributed by atoms with Gasteiger partial charge in [0, 0.05) is 26.7 Å². The Kier molecular flexibility index (Phi) is 5.20. The Balaban J connectivity index is 1.49. The molecule has 2 fully saturated rings. The standard InChI is InChI=1S/C28H19Cl2NO5/c1-14-6-8-15(9-7-14)13-31-26(34)21-22(27(31)35)28(24(32)17-4-2-3-5-18(17)25(28)33)36-23(21)19-11-10-16(29)12-20(19)30/h2-12,21-23H,13H2,1H3. The number of imide groups is 1. The predicted molar refractivity (Wildman–Crippen MR) is 132 cm³/mol. The number of carbonyl (C=O) groups excluding carboxylic acids is 4. The summed E-state index contributed by atoms with van der Waals surface area (Å²) in [7, 11) is 0. The van der Waals surface area contributed by atoms with Gasteiger partial charge in [0.15, 0.2) is 0 Å². The lowest BCUT2D eigenvalue weighted by molar-refractivity contribution is -0.145. The molecule has 3 atom stereocenters. The van der Waals surface area contributed by atoms with E-state index in [4.69, 9.17) is 27.9 Å². The van der Waals surface area contributed by atoms with E-state index in [0.717, 1.165) is 16.0 Å². The number of Topliss-reactive ketones (excluding diaryl/α,β-unsaturated/α-hetero) is 2. The average Bonchev–Trinajstić information content (AvgIpc) is 3.41. The molecule has 0 N–H and O–H groups in total. The Morgan fingerprint density at radius 1 is 0.861 bits per heavy atom. The number of carbonyl (C=O) groups is 4. The Labute approximate surface area is 216 Å². The quantitative estimate of drug-likeness (QED) is 0.359. The van der Waals surface area contributed by atoms with Crippen LogP contribution in [0.1, 0.15) is 43.5 Å². The summed E-state index contributed by atoms with van der Waals surface area (Å²) in [6, 6.07) is 18.5. The van der Waals surface area contributed by atoms with Crippen molar-refractivity contribution in [3.63, 3.8) is 0 Å². The van der Waals surface area contributed by atoms with E-state index in [-0.39, 0.29) is 22.7 Å². The topological polar surface area (TPSA) is 80.8 Å². The molecule has 2 saturated heterocycles. The predicted octanol–water partition coefficient (Wildman–Crippen LogP) is 4.99. The van der Waals surface area contributed by atoms with Crippen LogP contribution in [0.4, 0.5) is 0 Å². The van der Waals surface area contributed by atoms with Gasteiger partial charge in [0.25, 0.3) is 0 Å². The Morgan fingerprint density at radius 2 is 1.50 bits per heavy atom. The number of nitrogens with zero attached hydrogens (tertiary/aromatic N) is 1. The summed E-state index contributed by atoms with van der Waals surface area (Å²) >= 11 is 12.6. The molecule has 0 saturated carbocycles. The summed E-state index contributed by atoms with van der Waals surface area (Å²) in [4.78, 5) is 56.3. The van der Waals surface area contributed by atoms with E-state index in [0.29, 0.717) is 10.6 Å². The molecule has 0 aromatic heterocycles. The molecule has 3 aromatic rings. The highest BCUT2D eigenvalue weighted by atomic mass is 35.5. The van der Waals surface area contributed by atoms with Crippen LogP contribution in [-0.2, 0) is 20.9 Å². The molecule has 2 amide bonds. The van der Waals surface area contributed by atoms with Crippen molar-refractivity contribution in [1.82, 2.24) is 4.90 Å². The van der Waals surface area contributed by atoms with Crippen LogP contribution in [0.5, 0.6) is 0 Å². The molecule has 3 unspecified atom stereocenters. The van der Waals surface area contributed by atoms with Crippen molar-refractivity contribution in [2.75, 3.05) is 0 Å². The van der Waals surface area contributed by atoms with E-state index in [2.05, 4.69) is 0 Å². The van der Waals surface area contributed by atoms with Gasteiger partial charge in [-0.1, -0.05) is 83.4 Å². The van der Waals surface area contributed by atoms with E-state index in [1.165, 1.54) is 18.2 Å². The van der Waals surface area contributed by atoms with Crippen LogP contribution in [-0.4, -0.2) is 33.9 Å². The van der Waals surface area contributed by atoms with Crippen molar-refractivity contribution in [3.05, 3.63) is 105 Å². The van der Waals surface area contributed by atoms with Crippen molar-refractivity contribution in [3.8, 4) is 0 Å². The highest BCUT2D eigenvalue weighted by Crippen LogP contribution is 2.58. The number of ether oxygens (including phenoxy) is 1. The average molecular weight is 520 g/mol. The van der Waals surface area contributed by atoms with Crippen LogP contribution in [0.2, 0.25) is 10.0 Å². The van der Waals surface area contributed by atoms with Gasteiger partial charge in [-0.05, 0) is 24.6 Å².